The first-order valence-corrected chi connectivity index (χ1v) is 14.5. The lowest BCUT2D eigenvalue weighted by atomic mass is 9.87. The molecule has 2 aromatic heterocycles. The maximum absolute atomic E-state index is 14.9. The first-order chi connectivity index (χ1) is 20.9. The Labute approximate surface area is 259 Å². The summed E-state index contributed by atoms with van der Waals surface area (Å²) in [6, 6.07) is 14.4. The minimum Gasteiger partial charge on any atom is -0.378 e. The zero-order chi connectivity index (χ0) is 31.6. The van der Waals surface area contributed by atoms with Crippen LogP contribution in [0.4, 0.5) is 21.6 Å². The molecule has 0 aliphatic carbocycles. The number of nitrogens with zero attached hydrogens (tertiary/aromatic N) is 2. The average Bonchev–Trinajstić information content (AvgIpc) is 3.00. The number of hydrogen-bond acceptors (Lipinski definition) is 6. The molecule has 0 radical (unpaired) electrons. The zero-order valence-electron chi connectivity index (χ0n) is 24.9. The van der Waals surface area contributed by atoms with Crippen LogP contribution in [-0.4, -0.2) is 53.0 Å². The van der Waals surface area contributed by atoms with Crippen molar-refractivity contribution < 1.29 is 18.7 Å². The molecule has 0 unspecified atom stereocenters. The number of rotatable bonds is 6. The van der Waals surface area contributed by atoms with Crippen molar-refractivity contribution in [1.82, 2.24) is 14.9 Å². The molecule has 5 rings (SSSR count). The number of ether oxygens (including phenoxy) is 1. The molecule has 2 amide bonds. The van der Waals surface area contributed by atoms with Crippen molar-refractivity contribution in [2.75, 3.05) is 36.9 Å². The van der Waals surface area contributed by atoms with Crippen molar-refractivity contribution in [3.8, 4) is 11.1 Å². The number of carbonyl (C=O) groups excluding carboxylic acids is 2. The lowest BCUT2D eigenvalue weighted by molar-refractivity contribution is 0.0302. The quantitative estimate of drug-likeness (QED) is 0.234. The Morgan fingerprint density at radius 3 is 2.30 bits per heavy atom. The molecule has 0 bridgehead atoms. The van der Waals surface area contributed by atoms with Crippen LogP contribution < -0.4 is 16.2 Å². The van der Waals surface area contributed by atoms with Gasteiger partial charge in [0.15, 0.2) is 0 Å². The fourth-order valence-electron chi connectivity index (χ4n) is 4.87. The molecule has 0 atom stereocenters. The van der Waals surface area contributed by atoms with Crippen molar-refractivity contribution in [3.63, 3.8) is 0 Å². The standard InChI is InChI=1S/C33H33ClFN5O4/c1-19-24(17-27(31(42)37-19)38-28-10-7-21(18-36-28)32(43)40-11-13-44-14-12-40)25-15-23(35)16-26(29(25)34)39-30(41)20-5-8-22(9-6-20)33(2,3)4/h5-10,15-18H,11-14H2,1-4H3,(H,36,38)(H,37,42)(H,39,41). The normalized spacial score (nSPS) is 13.5. The number of nitrogens with one attached hydrogen (secondary N) is 3. The van der Waals surface area contributed by atoms with Crippen LogP contribution in [-0.2, 0) is 10.2 Å². The van der Waals surface area contributed by atoms with Gasteiger partial charge in [-0.05, 0) is 60.4 Å². The summed E-state index contributed by atoms with van der Waals surface area (Å²) in [5.41, 5.74) is 2.79. The Morgan fingerprint density at radius 2 is 1.66 bits per heavy atom. The molecule has 3 heterocycles. The van der Waals surface area contributed by atoms with Crippen LogP contribution in [0.15, 0.2) is 65.6 Å². The summed E-state index contributed by atoms with van der Waals surface area (Å²) in [6.07, 6.45) is 1.44. The van der Waals surface area contributed by atoms with E-state index in [0.717, 1.165) is 11.6 Å². The van der Waals surface area contributed by atoms with Gasteiger partial charge in [-0.2, -0.15) is 0 Å². The van der Waals surface area contributed by atoms with E-state index in [1.807, 2.05) is 12.1 Å². The van der Waals surface area contributed by atoms with Gasteiger partial charge in [-0.15, -0.1) is 0 Å². The number of amides is 2. The summed E-state index contributed by atoms with van der Waals surface area (Å²) in [5, 5.41) is 5.79. The molecule has 1 aliphatic heterocycles. The van der Waals surface area contributed by atoms with Gasteiger partial charge in [0, 0.05) is 41.7 Å². The van der Waals surface area contributed by atoms with Crippen LogP contribution in [0.5, 0.6) is 0 Å². The topological polar surface area (TPSA) is 116 Å². The van der Waals surface area contributed by atoms with Crippen LogP contribution in [0.3, 0.4) is 0 Å². The van der Waals surface area contributed by atoms with Gasteiger partial charge in [0.05, 0.1) is 29.5 Å². The minimum atomic E-state index is -0.620. The fraction of sp³-hybridized carbons (Fsp3) is 0.273. The van der Waals surface area contributed by atoms with Gasteiger partial charge in [0.25, 0.3) is 17.4 Å². The molecule has 1 aliphatic rings. The summed E-state index contributed by atoms with van der Waals surface area (Å²) in [5.74, 6) is -0.871. The number of aromatic amines is 1. The van der Waals surface area contributed by atoms with Gasteiger partial charge >= 0.3 is 0 Å². The molecule has 44 heavy (non-hydrogen) atoms. The number of benzene rings is 2. The van der Waals surface area contributed by atoms with Crippen molar-refractivity contribution in [2.24, 2.45) is 0 Å². The van der Waals surface area contributed by atoms with E-state index in [1.54, 1.807) is 42.2 Å². The molecule has 9 nitrogen and oxygen atoms in total. The first kappa shape index (κ1) is 30.9. The molecular weight excluding hydrogens is 585 g/mol. The van der Waals surface area contributed by atoms with E-state index in [1.165, 1.54) is 12.3 Å². The number of morpholine rings is 1. The third kappa shape index (κ3) is 6.82. The van der Waals surface area contributed by atoms with Crippen LogP contribution in [0.2, 0.25) is 5.02 Å². The SMILES string of the molecule is Cc1[nH]c(=O)c(Nc2ccc(C(=O)N3CCOCC3)cn2)cc1-c1cc(F)cc(NC(=O)c2ccc(C(C)(C)C)cc2)c1Cl. The lowest BCUT2D eigenvalue weighted by Crippen LogP contribution is -2.40. The monoisotopic (exact) mass is 617 g/mol. The van der Waals surface area contributed by atoms with Crippen molar-refractivity contribution in [1.29, 1.82) is 0 Å². The number of aryl methyl sites for hydroxylation is 1. The Kier molecular flexibility index (Phi) is 8.85. The molecule has 1 saturated heterocycles. The highest BCUT2D eigenvalue weighted by Gasteiger charge is 2.21. The van der Waals surface area contributed by atoms with Gasteiger partial charge in [0.2, 0.25) is 0 Å². The summed E-state index contributed by atoms with van der Waals surface area (Å²) in [6.45, 7) is 9.92. The van der Waals surface area contributed by atoms with Crippen LogP contribution >= 0.6 is 11.6 Å². The van der Waals surface area contributed by atoms with E-state index in [2.05, 4.69) is 41.4 Å². The van der Waals surface area contributed by atoms with Crippen molar-refractivity contribution in [3.05, 3.63) is 104 Å². The van der Waals surface area contributed by atoms with Crippen LogP contribution in [0.25, 0.3) is 11.1 Å². The second kappa shape index (κ2) is 12.6. The number of anilines is 3. The number of halogens is 2. The van der Waals surface area contributed by atoms with Gasteiger partial charge in [-0.25, -0.2) is 9.37 Å². The summed E-state index contributed by atoms with van der Waals surface area (Å²) >= 11 is 6.72. The molecule has 11 heteroatoms. The molecule has 0 saturated carbocycles. The molecule has 0 spiro atoms. The van der Waals surface area contributed by atoms with Crippen LogP contribution in [0.1, 0.15) is 52.7 Å². The third-order valence-electron chi connectivity index (χ3n) is 7.40. The molecule has 4 aromatic rings. The Bertz CT molecular complexity index is 1760. The highest BCUT2D eigenvalue weighted by Crippen LogP contribution is 2.37. The molecule has 1 fully saturated rings. The summed E-state index contributed by atoms with van der Waals surface area (Å²) in [4.78, 5) is 47.4. The van der Waals surface area contributed by atoms with E-state index >= 15 is 0 Å². The van der Waals surface area contributed by atoms with Gasteiger partial charge in [-0.3, -0.25) is 14.4 Å². The van der Waals surface area contributed by atoms with E-state index in [4.69, 9.17) is 16.3 Å². The Morgan fingerprint density at radius 1 is 0.977 bits per heavy atom. The van der Waals surface area contributed by atoms with Crippen molar-refractivity contribution in [2.45, 2.75) is 33.1 Å². The largest absolute Gasteiger partial charge is 0.378 e. The summed E-state index contributed by atoms with van der Waals surface area (Å²) < 4.78 is 20.2. The molecule has 3 N–H and O–H groups in total. The maximum Gasteiger partial charge on any atom is 0.271 e. The lowest BCUT2D eigenvalue weighted by Gasteiger charge is -2.26. The van der Waals surface area contributed by atoms with E-state index in [0.29, 0.717) is 54.5 Å². The van der Waals surface area contributed by atoms with E-state index < -0.39 is 17.3 Å². The maximum atomic E-state index is 14.9. The Hall–Kier alpha value is -4.54. The summed E-state index contributed by atoms with van der Waals surface area (Å²) in [7, 11) is 0. The number of carbonyl (C=O) groups is 2. The van der Waals surface area contributed by atoms with Gasteiger partial charge in [-0.1, -0.05) is 44.5 Å². The van der Waals surface area contributed by atoms with Crippen molar-refractivity contribution >= 4 is 40.6 Å². The van der Waals surface area contributed by atoms with Gasteiger partial charge in [0.1, 0.15) is 17.3 Å². The predicted molar refractivity (Wildman–Crippen MR) is 170 cm³/mol. The second-order valence-corrected chi connectivity index (χ2v) is 12.0. The number of pyridine rings is 2. The highest BCUT2D eigenvalue weighted by molar-refractivity contribution is 6.36. The number of H-pyrrole nitrogens is 1. The number of hydrogen-bond donors (Lipinski definition) is 3. The molecule has 2 aromatic carbocycles. The zero-order valence-corrected chi connectivity index (χ0v) is 25.6. The highest BCUT2D eigenvalue weighted by atomic mass is 35.5. The van der Waals surface area contributed by atoms with Gasteiger partial charge < -0.3 is 25.3 Å². The average molecular weight is 618 g/mol. The molecule has 228 valence electrons. The number of aromatic nitrogens is 2. The molecular formula is C33H33ClFN5O4. The third-order valence-corrected chi connectivity index (χ3v) is 7.81. The fourth-order valence-corrected chi connectivity index (χ4v) is 5.13. The van der Waals surface area contributed by atoms with E-state index in [9.17, 15) is 18.8 Å². The minimum absolute atomic E-state index is 0.0698. The first-order valence-electron chi connectivity index (χ1n) is 14.2. The van der Waals surface area contributed by atoms with Crippen LogP contribution in [0, 0.1) is 12.7 Å². The smallest absolute Gasteiger partial charge is 0.271 e. The Balaban J connectivity index is 1.39. The van der Waals surface area contributed by atoms with E-state index in [-0.39, 0.29) is 33.3 Å². The predicted octanol–water partition coefficient (Wildman–Crippen LogP) is 6.30. The second-order valence-electron chi connectivity index (χ2n) is 11.6.